The van der Waals surface area contributed by atoms with E-state index in [-0.39, 0.29) is 5.82 Å². The van der Waals surface area contributed by atoms with Gasteiger partial charge in [0.1, 0.15) is 5.82 Å². The second-order valence-electron chi connectivity index (χ2n) is 6.43. The van der Waals surface area contributed by atoms with Gasteiger partial charge in [-0.05, 0) is 50.7 Å². The lowest BCUT2D eigenvalue weighted by molar-refractivity contribution is 0.280. The van der Waals surface area contributed by atoms with E-state index in [4.69, 9.17) is 0 Å². The number of aryl methyl sites for hydroxylation is 1. The molecule has 0 radical (unpaired) electrons. The monoisotopic (exact) mass is 335 g/mol. The van der Waals surface area contributed by atoms with E-state index in [0.717, 1.165) is 44.2 Å². The molecule has 1 aliphatic heterocycles. The number of rotatable bonds is 5. The summed E-state index contributed by atoms with van der Waals surface area (Å²) in [5.74, 6) is 0.589. The van der Waals surface area contributed by atoms with Crippen molar-refractivity contribution in [2.45, 2.75) is 19.9 Å². The molecular formula is C18H30FN5. The first-order valence-electron chi connectivity index (χ1n) is 8.69. The molecular weight excluding hydrogens is 305 g/mol. The molecule has 0 spiro atoms. The lowest BCUT2D eigenvalue weighted by atomic mass is 10.1. The minimum atomic E-state index is -0.164. The van der Waals surface area contributed by atoms with Crippen molar-refractivity contribution >= 4 is 5.96 Å². The quantitative estimate of drug-likeness (QED) is 0.631. The Kier molecular flexibility index (Phi) is 7.46. The predicted octanol–water partition coefficient (Wildman–Crippen LogP) is 1.44. The van der Waals surface area contributed by atoms with Gasteiger partial charge in [-0.3, -0.25) is 4.99 Å². The Hall–Kier alpha value is -1.66. The van der Waals surface area contributed by atoms with Gasteiger partial charge < -0.3 is 20.4 Å². The van der Waals surface area contributed by atoms with Gasteiger partial charge in [-0.25, -0.2) is 4.39 Å². The van der Waals surface area contributed by atoms with Crippen LogP contribution in [-0.4, -0.2) is 69.1 Å². The maximum atomic E-state index is 13.6. The number of aliphatic imine (C=N–C) groups is 1. The standard InChI is InChI=1S/C18H30FN5/c1-15-5-6-16(13-17(15)19)14-22-18(20-2)21-7-10-24-9-4-8-23(3)11-12-24/h5-6,13H,4,7-12,14H2,1-3H3,(H2,20,21,22). The third kappa shape index (κ3) is 6.09. The summed E-state index contributed by atoms with van der Waals surface area (Å²) in [5, 5.41) is 6.57. The highest BCUT2D eigenvalue weighted by Gasteiger charge is 2.11. The van der Waals surface area contributed by atoms with Gasteiger partial charge in [-0.15, -0.1) is 0 Å². The molecule has 1 aromatic rings. The number of benzene rings is 1. The molecule has 24 heavy (non-hydrogen) atoms. The first-order chi connectivity index (χ1) is 11.6. The van der Waals surface area contributed by atoms with Crippen LogP contribution in [0.4, 0.5) is 4.39 Å². The van der Waals surface area contributed by atoms with Crippen LogP contribution in [0.2, 0.25) is 0 Å². The highest BCUT2D eigenvalue weighted by atomic mass is 19.1. The van der Waals surface area contributed by atoms with Crippen LogP contribution in [0.5, 0.6) is 0 Å². The minimum absolute atomic E-state index is 0.164. The van der Waals surface area contributed by atoms with Crippen molar-refractivity contribution in [1.82, 2.24) is 20.4 Å². The van der Waals surface area contributed by atoms with Gasteiger partial charge in [0.2, 0.25) is 0 Å². The number of nitrogens with one attached hydrogen (secondary N) is 2. The van der Waals surface area contributed by atoms with Crippen molar-refractivity contribution in [3.05, 3.63) is 35.1 Å². The van der Waals surface area contributed by atoms with Gasteiger partial charge in [0.05, 0.1) is 0 Å². The van der Waals surface area contributed by atoms with Crippen molar-refractivity contribution in [2.24, 2.45) is 4.99 Å². The predicted molar refractivity (Wildman–Crippen MR) is 97.9 cm³/mol. The molecule has 5 nitrogen and oxygen atoms in total. The van der Waals surface area contributed by atoms with Crippen molar-refractivity contribution in [2.75, 3.05) is 53.4 Å². The van der Waals surface area contributed by atoms with Crippen LogP contribution in [0.15, 0.2) is 23.2 Å². The van der Waals surface area contributed by atoms with Gasteiger partial charge in [-0.1, -0.05) is 12.1 Å². The number of hydrogen-bond acceptors (Lipinski definition) is 3. The highest BCUT2D eigenvalue weighted by molar-refractivity contribution is 5.79. The number of nitrogens with zero attached hydrogens (tertiary/aromatic N) is 3. The number of hydrogen-bond donors (Lipinski definition) is 2. The maximum Gasteiger partial charge on any atom is 0.191 e. The smallest absolute Gasteiger partial charge is 0.191 e. The molecule has 1 fully saturated rings. The summed E-state index contributed by atoms with van der Waals surface area (Å²) in [6.07, 6.45) is 1.22. The van der Waals surface area contributed by atoms with E-state index < -0.39 is 0 Å². The lowest BCUT2D eigenvalue weighted by Crippen LogP contribution is -2.42. The summed E-state index contributed by atoms with van der Waals surface area (Å²) in [6.45, 7) is 8.78. The van der Waals surface area contributed by atoms with Crippen molar-refractivity contribution in [1.29, 1.82) is 0 Å². The normalized spacial score (nSPS) is 17.6. The van der Waals surface area contributed by atoms with E-state index in [1.54, 1.807) is 26.1 Å². The Morgan fingerprint density at radius 1 is 1.21 bits per heavy atom. The molecule has 0 atom stereocenters. The average Bonchev–Trinajstić information content (AvgIpc) is 2.78. The summed E-state index contributed by atoms with van der Waals surface area (Å²) < 4.78 is 13.6. The fraction of sp³-hybridized carbons (Fsp3) is 0.611. The summed E-state index contributed by atoms with van der Waals surface area (Å²) >= 11 is 0. The zero-order valence-electron chi connectivity index (χ0n) is 15.1. The summed E-state index contributed by atoms with van der Waals surface area (Å²) in [7, 11) is 3.94. The lowest BCUT2D eigenvalue weighted by Gasteiger charge is -2.21. The Morgan fingerprint density at radius 2 is 2.04 bits per heavy atom. The SMILES string of the molecule is CN=C(NCCN1CCCN(C)CC1)NCc1ccc(C)c(F)c1. The van der Waals surface area contributed by atoms with Gasteiger partial charge in [-0.2, -0.15) is 0 Å². The van der Waals surface area contributed by atoms with Gasteiger partial charge in [0, 0.05) is 39.8 Å². The van der Waals surface area contributed by atoms with E-state index in [2.05, 4.69) is 32.5 Å². The molecule has 1 aromatic carbocycles. The van der Waals surface area contributed by atoms with Crippen LogP contribution in [0.3, 0.4) is 0 Å². The number of guanidine groups is 1. The topological polar surface area (TPSA) is 42.9 Å². The molecule has 0 aromatic heterocycles. The Morgan fingerprint density at radius 3 is 2.79 bits per heavy atom. The first-order valence-corrected chi connectivity index (χ1v) is 8.69. The molecule has 0 saturated carbocycles. The van der Waals surface area contributed by atoms with E-state index in [1.807, 2.05) is 6.07 Å². The van der Waals surface area contributed by atoms with Gasteiger partial charge in [0.25, 0.3) is 0 Å². The summed E-state index contributed by atoms with van der Waals surface area (Å²) in [4.78, 5) is 9.10. The van der Waals surface area contributed by atoms with E-state index in [1.165, 1.54) is 13.0 Å². The van der Waals surface area contributed by atoms with Crippen molar-refractivity contribution in [3.63, 3.8) is 0 Å². The zero-order valence-corrected chi connectivity index (χ0v) is 15.1. The highest BCUT2D eigenvalue weighted by Crippen LogP contribution is 2.08. The zero-order chi connectivity index (χ0) is 17.4. The van der Waals surface area contributed by atoms with Crippen molar-refractivity contribution in [3.8, 4) is 0 Å². The van der Waals surface area contributed by atoms with Gasteiger partial charge >= 0.3 is 0 Å². The second-order valence-corrected chi connectivity index (χ2v) is 6.43. The average molecular weight is 335 g/mol. The van der Waals surface area contributed by atoms with E-state index in [9.17, 15) is 4.39 Å². The summed E-state index contributed by atoms with van der Waals surface area (Å²) in [6, 6.07) is 5.31. The molecule has 0 unspecified atom stereocenters. The molecule has 2 N–H and O–H groups in total. The fourth-order valence-corrected chi connectivity index (χ4v) is 2.81. The van der Waals surface area contributed by atoms with Crippen LogP contribution in [0.1, 0.15) is 17.5 Å². The molecule has 0 amide bonds. The molecule has 6 heteroatoms. The van der Waals surface area contributed by atoms with E-state index >= 15 is 0 Å². The van der Waals surface area contributed by atoms with Crippen LogP contribution < -0.4 is 10.6 Å². The Bertz CT molecular complexity index is 546. The van der Waals surface area contributed by atoms with Crippen LogP contribution in [-0.2, 0) is 6.54 Å². The van der Waals surface area contributed by atoms with E-state index in [0.29, 0.717) is 12.1 Å². The van der Waals surface area contributed by atoms with Crippen LogP contribution >= 0.6 is 0 Å². The van der Waals surface area contributed by atoms with Gasteiger partial charge in [0.15, 0.2) is 5.96 Å². The van der Waals surface area contributed by atoms with Crippen LogP contribution in [0.25, 0.3) is 0 Å². The maximum absolute atomic E-state index is 13.6. The third-order valence-electron chi connectivity index (χ3n) is 4.45. The Balaban J connectivity index is 1.71. The summed E-state index contributed by atoms with van der Waals surface area (Å²) in [5.41, 5.74) is 1.58. The number of likely N-dealkylation sites (N-methyl/N-ethyl adjacent to an activating group) is 1. The molecule has 1 heterocycles. The molecule has 134 valence electrons. The third-order valence-corrected chi connectivity index (χ3v) is 4.45. The Labute approximate surface area is 144 Å². The molecule has 1 saturated heterocycles. The molecule has 1 aliphatic rings. The second kappa shape index (κ2) is 9.59. The number of halogens is 1. The first kappa shape index (κ1) is 18.7. The molecule has 0 aliphatic carbocycles. The minimum Gasteiger partial charge on any atom is -0.355 e. The van der Waals surface area contributed by atoms with Crippen molar-refractivity contribution < 1.29 is 4.39 Å². The molecule has 0 bridgehead atoms. The largest absolute Gasteiger partial charge is 0.355 e. The van der Waals surface area contributed by atoms with Crippen LogP contribution in [0, 0.1) is 12.7 Å². The fourth-order valence-electron chi connectivity index (χ4n) is 2.81. The molecule has 2 rings (SSSR count).